The van der Waals surface area contributed by atoms with E-state index in [0.29, 0.717) is 5.56 Å². The molecular weight excluding hydrogens is 264 g/mol. The molecule has 20 heavy (non-hydrogen) atoms. The van der Waals surface area contributed by atoms with E-state index < -0.39 is 27.3 Å². The maximum Gasteiger partial charge on any atom is 0.282 e. The number of nitrogens with zero attached hydrogens (tertiary/aromatic N) is 2. The van der Waals surface area contributed by atoms with Gasteiger partial charge in [-0.3, -0.25) is 20.2 Å². The van der Waals surface area contributed by atoms with Crippen LogP contribution in [-0.2, 0) is 0 Å². The third-order valence-corrected chi connectivity index (χ3v) is 2.84. The van der Waals surface area contributed by atoms with Crippen molar-refractivity contribution in [2.45, 2.75) is 6.10 Å². The minimum Gasteiger partial charge on any atom is -0.383 e. The highest BCUT2D eigenvalue weighted by molar-refractivity contribution is 5.57. The molecule has 102 valence electrons. The molecule has 0 saturated heterocycles. The summed E-state index contributed by atoms with van der Waals surface area (Å²) in [6, 6.07) is 11.6. The minimum atomic E-state index is -1.43. The van der Waals surface area contributed by atoms with E-state index in [0.717, 1.165) is 12.1 Å². The van der Waals surface area contributed by atoms with Gasteiger partial charge in [0.2, 0.25) is 0 Å². The van der Waals surface area contributed by atoms with Gasteiger partial charge < -0.3 is 5.11 Å². The lowest BCUT2D eigenvalue weighted by atomic mass is 9.98. The zero-order valence-electron chi connectivity index (χ0n) is 10.2. The maximum atomic E-state index is 11.0. The van der Waals surface area contributed by atoms with Gasteiger partial charge in [0, 0.05) is 12.1 Å². The monoisotopic (exact) mass is 274 g/mol. The molecule has 0 amide bonds. The first kappa shape index (κ1) is 13.6. The van der Waals surface area contributed by atoms with Crippen molar-refractivity contribution in [1.82, 2.24) is 0 Å². The topological polar surface area (TPSA) is 107 Å². The van der Waals surface area contributed by atoms with Gasteiger partial charge in [-0.25, -0.2) is 0 Å². The molecule has 1 atom stereocenters. The van der Waals surface area contributed by atoms with Crippen molar-refractivity contribution in [3.63, 3.8) is 0 Å². The Morgan fingerprint density at radius 1 is 0.850 bits per heavy atom. The number of nitro benzene ring substituents is 2. The average Bonchev–Trinajstić information content (AvgIpc) is 2.46. The van der Waals surface area contributed by atoms with E-state index in [1.54, 1.807) is 30.3 Å². The number of hydrogen-bond acceptors (Lipinski definition) is 5. The van der Waals surface area contributed by atoms with Crippen LogP contribution >= 0.6 is 0 Å². The van der Waals surface area contributed by atoms with Crippen LogP contribution in [0.25, 0.3) is 0 Å². The highest BCUT2D eigenvalue weighted by Gasteiger charge is 2.30. The highest BCUT2D eigenvalue weighted by atomic mass is 16.6. The number of aliphatic hydroxyl groups is 1. The molecule has 0 saturated carbocycles. The van der Waals surface area contributed by atoms with Crippen molar-refractivity contribution in [3.05, 3.63) is 79.9 Å². The summed E-state index contributed by atoms with van der Waals surface area (Å²) in [5.74, 6) is 0. The molecule has 2 rings (SSSR count). The molecule has 0 radical (unpaired) electrons. The molecule has 1 N–H and O–H groups in total. The van der Waals surface area contributed by atoms with Gasteiger partial charge >= 0.3 is 0 Å². The van der Waals surface area contributed by atoms with Crippen LogP contribution in [0.15, 0.2) is 48.5 Å². The summed E-state index contributed by atoms with van der Waals surface area (Å²) >= 11 is 0. The number of rotatable bonds is 4. The Morgan fingerprint density at radius 2 is 1.35 bits per heavy atom. The molecule has 0 aromatic heterocycles. The fraction of sp³-hybridized carbons (Fsp3) is 0.0769. The van der Waals surface area contributed by atoms with E-state index in [1.807, 2.05) is 0 Å². The molecule has 0 aliphatic heterocycles. The SMILES string of the molecule is O=[N+]([O-])c1cccc([N+](=O)[O-])c1C(O)c1ccccc1. The largest absolute Gasteiger partial charge is 0.383 e. The first-order chi connectivity index (χ1) is 9.52. The predicted octanol–water partition coefficient (Wildman–Crippen LogP) is 2.58. The van der Waals surface area contributed by atoms with Crippen molar-refractivity contribution < 1.29 is 15.0 Å². The van der Waals surface area contributed by atoms with Crippen molar-refractivity contribution >= 4 is 11.4 Å². The fourth-order valence-corrected chi connectivity index (χ4v) is 1.94. The molecule has 7 nitrogen and oxygen atoms in total. The van der Waals surface area contributed by atoms with Crippen LogP contribution in [0.4, 0.5) is 11.4 Å². The summed E-state index contributed by atoms with van der Waals surface area (Å²) in [6.07, 6.45) is -1.43. The first-order valence-corrected chi connectivity index (χ1v) is 5.67. The molecule has 2 aromatic carbocycles. The van der Waals surface area contributed by atoms with Gasteiger partial charge in [-0.1, -0.05) is 30.3 Å². The lowest BCUT2D eigenvalue weighted by Gasteiger charge is -2.11. The van der Waals surface area contributed by atoms with Gasteiger partial charge in [-0.05, 0) is 11.6 Å². The van der Waals surface area contributed by atoms with Gasteiger partial charge in [0.05, 0.1) is 9.85 Å². The second-order valence-electron chi connectivity index (χ2n) is 4.04. The molecule has 0 heterocycles. The molecule has 2 aromatic rings. The van der Waals surface area contributed by atoms with Gasteiger partial charge in [0.15, 0.2) is 0 Å². The van der Waals surface area contributed by atoms with Gasteiger partial charge in [0.1, 0.15) is 11.7 Å². The quantitative estimate of drug-likeness (QED) is 0.681. The van der Waals surface area contributed by atoms with E-state index in [4.69, 9.17) is 0 Å². The molecule has 0 aliphatic rings. The summed E-state index contributed by atoms with van der Waals surface area (Å²) < 4.78 is 0. The Balaban J connectivity index is 2.64. The van der Waals surface area contributed by atoms with Crippen LogP contribution in [0.3, 0.4) is 0 Å². The van der Waals surface area contributed by atoms with Crippen molar-refractivity contribution in [2.24, 2.45) is 0 Å². The number of benzene rings is 2. The Bertz CT molecular complexity index is 625. The molecular formula is C13H10N2O5. The molecule has 1 unspecified atom stereocenters. The van der Waals surface area contributed by atoms with E-state index in [9.17, 15) is 25.3 Å². The molecule has 0 spiro atoms. The normalized spacial score (nSPS) is 11.8. The molecule has 0 fully saturated rings. The summed E-state index contributed by atoms with van der Waals surface area (Å²) in [5, 5.41) is 32.3. The van der Waals surface area contributed by atoms with Gasteiger partial charge in [-0.2, -0.15) is 0 Å². The summed E-state index contributed by atoms with van der Waals surface area (Å²) in [6.45, 7) is 0. The van der Waals surface area contributed by atoms with Crippen molar-refractivity contribution in [3.8, 4) is 0 Å². The predicted molar refractivity (Wildman–Crippen MR) is 70.3 cm³/mol. The highest BCUT2D eigenvalue weighted by Crippen LogP contribution is 2.36. The summed E-state index contributed by atoms with van der Waals surface area (Å²) in [7, 11) is 0. The maximum absolute atomic E-state index is 11.0. The van der Waals surface area contributed by atoms with E-state index in [1.165, 1.54) is 6.07 Å². The second-order valence-corrected chi connectivity index (χ2v) is 4.04. The number of nitro groups is 2. The van der Waals surface area contributed by atoms with E-state index in [-0.39, 0.29) is 5.56 Å². The summed E-state index contributed by atoms with van der Waals surface area (Å²) in [4.78, 5) is 20.5. The molecule has 0 aliphatic carbocycles. The van der Waals surface area contributed by atoms with Crippen LogP contribution in [0, 0.1) is 20.2 Å². The Kier molecular flexibility index (Phi) is 3.72. The van der Waals surface area contributed by atoms with Crippen LogP contribution in [0.1, 0.15) is 17.2 Å². The van der Waals surface area contributed by atoms with Crippen LogP contribution in [0.5, 0.6) is 0 Å². The van der Waals surface area contributed by atoms with Gasteiger partial charge in [0.25, 0.3) is 11.4 Å². The zero-order valence-corrected chi connectivity index (χ0v) is 10.2. The summed E-state index contributed by atoms with van der Waals surface area (Å²) in [5.41, 5.74) is -0.912. The van der Waals surface area contributed by atoms with E-state index >= 15 is 0 Å². The third-order valence-electron chi connectivity index (χ3n) is 2.84. The fourth-order valence-electron chi connectivity index (χ4n) is 1.94. The molecule has 7 heteroatoms. The third kappa shape index (κ3) is 2.47. The Morgan fingerprint density at radius 3 is 1.80 bits per heavy atom. The zero-order chi connectivity index (χ0) is 14.7. The molecule has 0 bridgehead atoms. The second kappa shape index (κ2) is 5.45. The average molecular weight is 274 g/mol. The van der Waals surface area contributed by atoms with E-state index in [2.05, 4.69) is 0 Å². The smallest absolute Gasteiger partial charge is 0.282 e. The Hall–Kier alpha value is -2.80. The van der Waals surface area contributed by atoms with Crippen molar-refractivity contribution in [2.75, 3.05) is 0 Å². The van der Waals surface area contributed by atoms with Crippen LogP contribution in [0.2, 0.25) is 0 Å². The van der Waals surface area contributed by atoms with Crippen LogP contribution < -0.4 is 0 Å². The lowest BCUT2D eigenvalue weighted by Crippen LogP contribution is -2.07. The van der Waals surface area contributed by atoms with Crippen molar-refractivity contribution in [1.29, 1.82) is 0 Å². The van der Waals surface area contributed by atoms with Gasteiger partial charge in [-0.15, -0.1) is 0 Å². The standard InChI is InChI=1S/C13H10N2O5/c16-13(9-5-2-1-3-6-9)12-10(14(17)18)7-4-8-11(12)15(19)20/h1-8,13,16H. The number of hydrogen-bond donors (Lipinski definition) is 1. The lowest BCUT2D eigenvalue weighted by molar-refractivity contribution is -0.396. The number of aliphatic hydroxyl groups excluding tert-OH is 1. The van der Waals surface area contributed by atoms with Crippen LogP contribution in [-0.4, -0.2) is 15.0 Å². The first-order valence-electron chi connectivity index (χ1n) is 5.67. The Labute approximate surface area is 113 Å². The minimum absolute atomic E-state index is 0.311.